The third-order valence-electron chi connectivity index (χ3n) is 11.5. The first-order chi connectivity index (χ1) is 13.7. The van der Waals surface area contributed by atoms with Gasteiger partial charge in [0.25, 0.3) is 0 Å². The van der Waals surface area contributed by atoms with Crippen LogP contribution in [0.5, 0.6) is 0 Å². The van der Waals surface area contributed by atoms with E-state index in [0.29, 0.717) is 10.8 Å². The summed E-state index contributed by atoms with van der Waals surface area (Å²) in [5.74, 6) is 8.87. The van der Waals surface area contributed by atoms with E-state index in [1.807, 2.05) is 0 Å². The first-order valence-corrected chi connectivity index (χ1v) is 13.7. The highest BCUT2D eigenvalue weighted by atomic mass is 14.7. The monoisotopic (exact) mass is 400 g/mol. The van der Waals surface area contributed by atoms with Crippen molar-refractivity contribution in [3.05, 3.63) is 0 Å². The van der Waals surface area contributed by atoms with Gasteiger partial charge in [0, 0.05) is 0 Å². The molecule has 0 saturated heterocycles. The SMILES string of the molecule is CC(C)CCCC(C)C1C(C)CC2(C)C1CCC1C2CCC2C(C)CCCC21C. The van der Waals surface area contributed by atoms with Crippen LogP contribution in [-0.2, 0) is 0 Å². The van der Waals surface area contributed by atoms with Crippen molar-refractivity contribution < 1.29 is 0 Å². The van der Waals surface area contributed by atoms with Crippen LogP contribution < -0.4 is 0 Å². The van der Waals surface area contributed by atoms with Crippen LogP contribution in [0.3, 0.4) is 0 Å². The molecule has 4 aliphatic rings. The fourth-order valence-electron chi connectivity index (χ4n) is 10.4. The first-order valence-electron chi connectivity index (χ1n) is 13.7. The van der Waals surface area contributed by atoms with Crippen molar-refractivity contribution in [3.63, 3.8) is 0 Å². The molecule has 4 aliphatic carbocycles. The second-order valence-corrected chi connectivity index (χ2v) is 13.5. The van der Waals surface area contributed by atoms with Gasteiger partial charge in [-0.15, -0.1) is 0 Å². The molecule has 4 rings (SSSR count). The highest BCUT2D eigenvalue weighted by molar-refractivity contribution is 5.11. The minimum absolute atomic E-state index is 0.647. The fraction of sp³-hybridized carbons (Fsp3) is 1.00. The van der Waals surface area contributed by atoms with Crippen LogP contribution in [0.2, 0.25) is 0 Å². The van der Waals surface area contributed by atoms with Crippen LogP contribution in [0.25, 0.3) is 0 Å². The Bertz CT molecular complexity index is 562. The predicted octanol–water partition coefficient (Wildman–Crippen LogP) is 8.99. The van der Waals surface area contributed by atoms with Crippen molar-refractivity contribution in [2.45, 2.75) is 119 Å². The van der Waals surface area contributed by atoms with Gasteiger partial charge in [-0.05, 0) is 103 Å². The van der Waals surface area contributed by atoms with Gasteiger partial charge >= 0.3 is 0 Å². The second kappa shape index (κ2) is 8.16. The van der Waals surface area contributed by atoms with Gasteiger partial charge in [-0.25, -0.2) is 0 Å². The van der Waals surface area contributed by atoms with Crippen LogP contribution in [0.1, 0.15) is 119 Å². The lowest BCUT2D eigenvalue weighted by Gasteiger charge is -2.62. The predicted molar refractivity (Wildman–Crippen MR) is 127 cm³/mol. The molecule has 0 heterocycles. The summed E-state index contributed by atoms with van der Waals surface area (Å²) in [6.07, 6.45) is 16.7. The summed E-state index contributed by atoms with van der Waals surface area (Å²) in [5, 5.41) is 0. The molecule has 0 aromatic rings. The largest absolute Gasteiger partial charge is 0.0628 e. The van der Waals surface area contributed by atoms with E-state index in [-0.39, 0.29) is 0 Å². The van der Waals surface area contributed by atoms with Crippen molar-refractivity contribution in [1.82, 2.24) is 0 Å². The summed E-state index contributed by atoms with van der Waals surface area (Å²) in [6, 6.07) is 0. The van der Waals surface area contributed by atoms with Gasteiger partial charge in [0.1, 0.15) is 0 Å². The molecule has 0 spiro atoms. The summed E-state index contributed by atoms with van der Waals surface area (Å²) >= 11 is 0. The zero-order valence-corrected chi connectivity index (χ0v) is 21.0. The maximum Gasteiger partial charge on any atom is -0.0261 e. The average molecular weight is 401 g/mol. The van der Waals surface area contributed by atoms with Crippen LogP contribution in [0.15, 0.2) is 0 Å². The Morgan fingerprint density at radius 3 is 2.03 bits per heavy atom. The van der Waals surface area contributed by atoms with Crippen molar-refractivity contribution in [1.29, 1.82) is 0 Å². The third kappa shape index (κ3) is 3.65. The van der Waals surface area contributed by atoms with Crippen LogP contribution in [0, 0.1) is 64.1 Å². The molecular formula is C29H52. The van der Waals surface area contributed by atoms with Crippen LogP contribution in [-0.4, -0.2) is 0 Å². The molecule has 168 valence electrons. The zero-order valence-electron chi connectivity index (χ0n) is 21.0. The molecule has 0 amide bonds. The Morgan fingerprint density at radius 1 is 0.724 bits per heavy atom. The second-order valence-electron chi connectivity index (χ2n) is 13.5. The topological polar surface area (TPSA) is 0 Å². The van der Waals surface area contributed by atoms with Gasteiger partial charge in [0.05, 0.1) is 0 Å². The van der Waals surface area contributed by atoms with Crippen LogP contribution >= 0.6 is 0 Å². The van der Waals surface area contributed by atoms with Gasteiger partial charge in [0.2, 0.25) is 0 Å². The minimum atomic E-state index is 0.647. The molecule has 0 radical (unpaired) electrons. The standard InChI is InChI=1S/C29H52/c1-19(2)10-8-11-21(4)27-22(5)18-29(7)25-14-13-23-20(3)12-9-17-28(23,6)24(25)15-16-26(27)29/h19-27H,8-18H2,1-7H3. The fourth-order valence-corrected chi connectivity index (χ4v) is 10.4. The molecule has 0 heteroatoms. The average Bonchev–Trinajstić information content (AvgIpc) is 2.91. The van der Waals surface area contributed by atoms with E-state index < -0.39 is 0 Å². The van der Waals surface area contributed by atoms with E-state index in [2.05, 4.69) is 48.5 Å². The molecule has 0 nitrogen and oxygen atoms in total. The van der Waals surface area contributed by atoms with Crippen molar-refractivity contribution in [3.8, 4) is 0 Å². The van der Waals surface area contributed by atoms with E-state index in [4.69, 9.17) is 0 Å². The molecule has 0 N–H and O–H groups in total. The molecule has 0 aliphatic heterocycles. The molecule has 4 saturated carbocycles. The third-order valence-corrected chi connectivity index (χ3v) is 11.5. The molecule has 10 atom stereocenters. The highest BCUT2D eigenvalue weighted by Gasteiger charge is 2.62. The van der Waals surface area contributed by atoms with Gasteiger partial charge < -0.3 is 0 Å². The quantitative estimate of drug-likeness (QED) is 0.432. The summed E-state index contributed by atoms with van der Waals surface area (Å²) in [4.78, 5) is 0. The van der Waals surface area contributed by atoms with Crippen molar-refractivity contribution >= 4 is 0 Å². The lowest BCUT2D eigenvalue weighted by Crippen LogP contribution is -2.55. The van der Waals surface area contributed by atoms with Gasteiger partial charge in [-0.3, -0.25) is 0 Å². The van der Waals surface area contributed by atoms with E-state index in [1.165, 1.54) is 44.9 Å². The van der Waals surface area contributed by atoms with Crippen molar-refractivity contribution in [2.24, 2.45) is 64.1 Å². The Kier molecular flexibility index (Phi) is 6.25. The van der Waals surface area contributed by atoms with Gasteiger partial charge in [0.15, 0.2) is 0 Å². The molecule has 10 unspecified atom stereocenters. The molecular weight excluding hydrogens is 348 g/mol. The molecule has 0 aromatic carbocycles. The number of hydrogen-bond donors (Lipinski definition) is 0. The Morgan fingerprint density at radius 2 is 1.34 bits per heavy atom. The lowest BCUT2D eigenvalue weighted by atomic mass is 9.42. The lowest BCUT2D eigenvalue weighted by molar-refractivity contribution is -0.136. The number of hydrogen-bond acceptors (Lipinski definition) is 0. The minimum Gasteiger partial charge on any atom is -0.0628 e. The van der Waals surface area contributed by atoms with E-state index in [1.54, 1.807) is 25.7 Å². The van der Waals surface area contributed by atoms with Gasteiger partial charge in [-0.1, -0.05) is 80.6 Å². The Balaban J connectivity index is 1.52. The molecule has 4 fully saturated rings. The maximum absolute atomic E-state index is 2.78. The van der Waals surface area contributed by atoms with E-state index in [0.717, 1.165) is 53.3 Å². The summed E-state index contributed by atoms with van der Waals surface area (Å²) in [5.41, 5.74) is 1.31. The Labute approximate surface area is 183 Å². The molecule has 0 bridgehead atoms. The molecule has 0 aromatic heterocycles. The maximum atomic E-state index is 2.78. The molecule has 29 heavy (non-hydrogen) atoms. The highest BCUT2D eigenvalue weighted by Crippen LogP contribution is 2.70. The van der Waals surface area contributed by atoms with Gasteiger partial charge in [-0.2, -0.15) is 0 Å². The summed E-state index contributed by atoms with van der Waals surface area (Å²) in [7, 11) is 0. The number of fused-ring (bicyclic) bond motifs is 5. The Hall–Kier alpha value is 0. The van der Waals surface area contributed by atoms with Crippen LogP contribution in [0.4, 0.5) is 0 Å². The van der Waals surface area contributed by atoms with Crippen molar-refractivity contribution in [2.75, 3.05) is 0 Å². The summed E-state index contributed by atoms with van der Waals surface area (Å²) < 4.78 is 0. The van der Waals surface area contributed by atoms with E-state index >= 15 is 0 Å². The number of rotatable bonds is 5. The summed E-state index contributed by atoms with van der Waals surface area (Å²) in [6.45, 7) is 18.2. The van der Waals surface area contributed by atoms with E-state index in [9.17, 15) is 0 Å². The normalized spacial score (nSPS) is 50.7. The smallest absolute Gasteiger partial charge is 0.0261 e. The zero-order chi connectivity index (χ0) is 21.0. The first kappa shape index (κ1) is 22.2.